The van der Waals surface area contributed by atoms with Crippen LogP contribution < -0.4 is 5.73 Å². The van der Waals surface area contributed by atoms with Gasteiger partial charge in [0.2, 0.25) is 0 Å². The Labute approximate surface area is 109 Å². The number of aliphatic hydroxyl groups excluding tert-OH is 2. The number of aryl methyl sites for hydroxylation is 1. The number of nitrogen functional groups attached to an aromatic ring is 1. The number of ether oxygens (including phenoxy) is 1. The molecule has 1 fully saturated rings. The van der Waals surface area contributed by atoms with E-state index >= 15 is 0 Å². The number of rotatable bonds is 2. The fraction of sp³-hybridized carbons (Fsp3) is 0.500. The monoisotopic (exact) mass is 264 g/mol. The first-order valence-corrected chi connectivity index (χ1v) is 6.11. The molecule has 2 aromatic heterocycles. The maximum Gasteiger partial charge on any atom is 0.151 e. The first-order valence-electron chi connectivity index (χ1n) is 6.11. The molecule has 3 heterocycles. The lowest BCUT2D eigenvalue weighted by molar-refractivity contribution is -0.0222. The molecule has 0 spiro atoms. The Morgan fingerprint density at radius 2 is 2.32 bits per heavy atom. The van der Waals surface area contributed by atoms with Gasteiger partial charge in [0, 0.05) is 25.2 Å². The van der Waals surface area contributed by atoms with Crippen LogP contribution in [0.1, 0.15) is 18.1 Å². The molecule has 0 aromatic carbocycles. The van der Waals surface area contributed by atoms with E-state index in [4.69, 9.17) is 15.6 Å². The summed E-state index contributed by atoms with van der Waals surface area (Å²) in [5.74, 6) is 0.413. The lowest BCUT2D eigenvalue weighted by Crippen LogP contribution is -2.24. The van der Waals surface area contributed by atoms with E-state index in [2.05, 4.69) is 9.97 Å². The zero-order chi connectivity index (χ0) is 13.6. The van der Waals surface area contributed by atoms with E-state index in [0.717, 1.165) is 16.6 Å². The molecular formula is C12H16N4O3. The van der Waals surface area contributed by atoms with E-state index in [1.54, 1.807) is 0 Å². The minimum atomic E-state index is -0.663. The topological polar surface area (TPSA) is 106 Å². The molecule has 0 bridgehead atoms. The third-order valence-electron chi connectivity index (χ3n) is 3.56. The van der Waals surface area contributed by atoms with Gasteiger partial charge in [-0.15, -0.1) is 0 Å². The highest BCUT2D eigenvalue weighted by atomic mass is 16.5. The first-order chi connectivity index (χ1) is 9.11. The summed E-state index contributed by atoms with van der Waals surface area (Å²) in [6, 6.07) is 0. The van der Waals surface area contributed by atoms with Gasteiger partial charge in [-0.2, -0.15) is 0 Å². The van der Waals surface area contributed by atoms with Gasteiger partial charge in [-0.1, -0.05) is 0 Å². The zero-order valence-electron chi connectivity index (χ0n) is 10.5. The minimum absolute atomic E-state index is 0.195. The van der Waals surface area contributed by atoms with Crippen LogP contribution in [0, 0.1) is 0 Å². The Balaban J connectivity index is 2.05. The van der Waals surface area contributed by atoms with Crippen LogP contribution in [0.15, 0.2) is 12.5 Å². The maximum atomic E-state index is 9.80. The van der Waals surface area contributed by atoms with Gasteiger partial charge in [0.25, 0.3) is 0 Å². The van der Waals surface area contributed by atoms with Gasteiger partial charge >= 0.3 is 0 Å². The predicted octanol–water partition coefficient (Wildman–Crippen LogP) is -0.266. The molecule has 1 aliphatic heterocycles. The molecule has 19 heavy (non-hydrogen) atoms. The number of fused-ring (bicyclic) bond motifs is 1. The van der Waals surface area contributed by atoms with E-state index in [1.165, 1.54) is 6.33 Å². The van der Waals surface area contributed by atoms with Crippen LogP contribution in [-0.4, -0.2) is 43.6 Å². The van der Waals surface area contributed by atoms with E-state index < -0.39 is 12.2 Å². The van der Waals surface area contributed by atoms with Gasteiger partial charge in [0.1, 0.15) is 17.9 Å². The second-order valence-electron chi connectivity index (χ2n) is 4.80. The first kappa shape index (κ1) is 12.3. The highest BCUT2D eigenvalue weighted by molar-refractivity contribution is 5.88. The molecule has 7 nitrogen and oxygen atoms in total. The van der Waals surface area contributed by atoms with Crippen LogP contribution >= 0.6 is 0 Å². The Morgan fingerprint density at radius 3 is 3.00 bits per heavy atom. The summed E-state index contributed by atoms with van der Waals surface area (Å²) in [6.07, 6.45) is 2.24. The fourth-order valence-electron chi connectivity index (χ4n) is 2.61. The third kappa shape index (κ3) is 1.86. The highest BCUT2D eigenvalue weighted by Crippen LogP contribution is 2.37. The fourth-order valence-corrected chi connectivity index (χ4v) is 2.61. The van der Waals surface area contributed by atoms with Crippen LogP contribution in [0.3, 0.4) is 0 Å². The maximum absolute atomic E-state index is 9.80. The minimum Gasteiger partial charge on any atom is -0.394 e. The van der Waals surface area contributed by atoms with Crippen LogP contribution in [0.25, 0.3) is 11.0 Å². The second-order valence-corrected chi connectivity index (χ2v) is 4.80. The Morgan fingerprint density at radius 1 is 1.53 bits per heavy atom. The largest absolute Gasteiger partial charge is 0.394 e. The molecular weight excluding hydrogens is 248 g/mol. The van der Waals surface area contributed by atoms with Crippen LogP contribution in [0.5, 0.6) is 0 Å². The number of anilines is 1. The van der Waals surface area contributed by atoms with Crippen molar-refractivity contribution in [3.63, 3.8) is 0 Å². The number of hydrogen-bond donors (Lipinski definition) is 3. The summed E-state index contributed by atoms with van der Waals surface area (Å²) in [5.41, 5.74) is 8.19. The number of aliphatic hydroxyl groups is 2. The number of aromatic nitrogens is 3. The molecule has 0 aliphatic carbocycles. The number of nitrogens with two attached hydrogens (primary N) is 1. The number of nitrogens with zero attached hydrogens (tertiary/aromatic N) is 3. The Bertz CT molecular complexity index is 612. The average Bonchev–Trinajstić information content (AvgIpc) is 2.91. The van der Waals surface area contributed by atoms with Crippen molar-refractivity contribution in [1.29, 1.82) is 0 Å². The third-order valence-corrected chi connectivity index (χ3v) is 3.56. The summed E-state index contributed by atoms with van der Waals surface area (Å²) in [5, 5.41) is 18.9. The normalized spacial score (nSPS) is 27.2. The molecule has 0 saturated carbocycles. The van der Waals surface area contributed by atoms with Crippen molar-refractivity contribution in [3.8, 4) is 0 Å². The zero-order valence-corrected chi connectivity index (χ0v) is 10.5. The van der Waals surface area contributed by atoms with Crippen molar-refractivity contribution in [1.82, 2.24) is 14.5 Å². The highest BCUT2D eigenvalue weighted by Gasteiger charge is 2.36. The van der Waals surface area contributed by atoms with Gasteiger partial charge in [0.05, 0.1) is 24.3 Å². The van der Waals surface area contributed by atoms with Crippen molar-refractivity contribution in [2.45, 2.75) is 24.7 Å². The van der Waals surface area contributed by atoms with Gasteiger partial charge in [-0.25, -0.2) is 9.97 Å². The van der Waals surface area contributed by atoms with Crippen molar-refractivity contribution < 1.29 is 14.9 Å². The summed E-state index contributed by atoms with van der Waals surface area (Å²) in [7, 11) is 1.86. The Hall–Kier alpha value is -1.70. The summed E-state index contributed by atoms with van der Waals surface area (Å²) in [4.78, 5) is 8.22. The van der Waals surface area contributed by atoms with Crippen molar-refractivity contribution in [2.75, 3.05) is 12.3 Å². The lowest BCUT2D eigenvalue weighted by Gasteiger charge is -2.11. The summed E-state index contributed by atoms with van der Waals surface area (Å²) >= 11 is 0. The van der Waals surface area contributed by atoms with E-state index in [1.807, 2.05) is 17.8 Å². The van der Waals surface area contributed by atoms with Crippen molar-refractivity contribution in [3.05, 3.63) is 18.1 Å². The number of hydrogen-bond acceptors (Lipinski definition) is 6. The van der Waals surface area contributed by atoms with Crippen LogP contribution in [0.2, 0.25) is 0 Å². The Kier molecular flexibility index (Phi) is 2.89. The second kappa shape index (κ2) is 4.44. The molecule has 102 valence electrons. The average molecular weight is 264 g/mol. The molecule has 1 aliphatic rings. The molecule has 1 saturated heterocycles. The summed E-state index contributed by atoms with van der Waals surface area (Å²) in [6.45, 7) is -0.195. The standard InChI is InChI=1S/C12H16N4O3/c1-16-3-6(8-2-7(18)9(4-17)19-8)10-11(16)12(13)15-5-14-10/h3,5,7-9,17-18H,2,4H2,1H3,(H2,13,14,15)/t7-,8+,9+/m0/s1. The molecule has 2 aromatic rings. The SMILES string of the molecule is Cn1cc([C@H]2C[C@H](O)[C@@H](CO)O2)c2ncnc(N)c21. The molecule has 0 radical (unpaired) electrons. The van der Waals surface area contributed by atoms with Crippen LogP contribution in [-0.2, 0) is 11.8 Å². The smallest absolute Gasteiger partial charge is 0.151 e. The van der Waals surface area contributed by atoms with Gasteiger partial charge in [0.15, 0.2) is 5.82 Å². The predicted molar refractivity (Wildman–Crippen MR) is 68.2 cm³/mol. The van der Waals surface area contributed by atoms with Gasteiger partial charge in [-0.05, 0) is 0 Å². The molecule has 3 atom stereocenters. The molecule has 0 unspecified atom stereocenters. The summed E-state index contributed by atoms with van der Waals surface area (Å²) < 4.78 is 7.50. The molecule has 0 amide bonds. The van der Waals surface area contributed by atoms with Crippen molar-refractivity contribution >= 4 is 16.9 Å². The van der Waals surface area contributed by atoms with Gasteiger partial charge in [-0.3, -0.25) is 0 Å². The van der Waals surface area contributed by atoms with Crippen LogP contribution in [0.4, 0.5) is 5.82 Å². The van der Waals surface area contributed by atoms with E-state index in [-0.39, 0.29) is 12.7 Å². The van der Waals surface area contributed by atoms with Crippen molar-refractivity contribution in [2.24, 2.45) is 7.05 Å². The van der Waals surface area contributed by atoms with E-state index in [0.29, 0.717) is 12.2 Å². The molecule has 4 N–H and O–H groups in total. The van der Waals surface area contributed by atoms with Gasteiger partial charge < -0.3 is 25.3 Å². The molecule has 7 heteroatoms. The molecule has 3 rings (SSSR count). The lowest BCUT2D eigenvalue weighted by atomic mass is 10.1. The van der Waals surface area contributed by atoms with E-state index in [9.17, 15) is 5.11 Å². The quantitative estimate of drug-likeness (QED) is 0.689.